The number of hydrogen-bond donors (Lipinski definition) is 2. The molecular formula is C31H51N5O8. The first-order valence-corrected chi connectivity index (χ1v) is 15.6. The fraction of sp³-hybridized carbons (Fsp3) is 0.742. The maximum absolute atomic E-state index is 13.7. The van der Waals surface area contributed by atoms with Crippen LogP contribution in [0.2, 0.25) is 0 Å². The average molecular weight is 622 g/mol. The van der Waals surface area contributed by atoms with E-state index >= 15 is 0 Å². The monoisotopic (exact) mass is 621 g/mol. The largest absolute Gasteiger partial charge is 0.391 e. The van der Waals surface area contributed by atoms with Gasteiger partial charge in [-0.05, 0) is 44.9 Å². The summed E-state index contributed by atoms with van der Waals surface area (Å²) in [5.74, 6) is -1.34. The van der Waals surface area contributed by atoms with Crippen molar-refractivity contribution in [3.05, 3.63) is 44.1 Å². The normalized spacial score (nSPS) is 17.3. The maximum atomic E-state index is 13.7. The quantitative estimate of drug-likeness (QED) is 0.209. The molecule has 44 heavy (non-hydrogen) atoms. The molecule has 4 amide bonds. The fourth-order valence-electron chi connectivity index (χ4n) is 5.71. The van der Waals surface area contributed by atoms with Crippen LogP contribution < -0.4 is 17.1 Å². The van der Waals surface area contributed by atoms with Crippen molar-refractivity contribution in [2.75, 3.05) is 6.54 Å². The molecule has 2 unspecified atom stereocenters. The van der Waals surface area contributed by atoms with Gasteiger partial charge in [0.2, 0.25) is 11.8 Å². The number of aromatic nitrogens is 3. The second kappa shape index (κ2) is 14.2. The number of carbonyl (C=O) groups is 3. The van der Waals surface area contributed by atoms with Crippen LogP contribution in [-0.2, 0) is 29.2 Å². The topological polar surface area (TPSA) is 164 Å². The molecule has 0 saturated carbocycles. The molecule has 2 N–H and O–H groups in total. The highest BCUT2D eigenvalue weighted by Crippen LogP contribution is 2.39. The van der Waals surface area contributed by atoms with E-state index in [0.717, 1.165) is 31.8 Å². The second-order valence-electron chi connectivity index (χ2n) is 12.8. The van der Waals surface area contributed by atoms with Crippen LogP contribution in [0.5, 0.6) is 0 Å². The van der Waals surface area contributed by atoms with Crippen LogP contribution in [0.1, 0.15) is 93.9 Å². The Kier molecular flexibility index (Phi) is 11.9. The lowest BCUT2D eigenvalue weighted by molar-refractivity contribution is -0.164. The van der Waals surface area contributed by atoms with Crippen molar-refractivity contribution < 1.29 is 24.6 Å². The summed E-state index contributed by atoms with van der Waals surface area (Å²) in [6.45, 7) is 16.3. The summed E-state index contributed by atoms with van der Waals surface area (Å²) in [7, 11) is 0. The van der Waals surface area contributed by atoms with Crippen LogP contribution in [0.3, 0.4) is 0 Å². The van der Waals surface area contributed by atoms with Gasteiger partial charge in [-0.2, -0.15) is 0 Å². The number of amides is 4. The average Bonchev–Trinajstić information content (AvgIpc) is 2.98. The predicted molar refractivity (Wildman–Crippen MR) is 166 cm³/mol. The Morgan fingerprint density at radius 1 is 0.727 bits per heavy atom. The molecular weight excluding hydrogens is 570 g/mol. The molecule has 1 saturated heterocycles. The molecule has 2 rings (SSSR count). The smallest absolute Gasteiger partial charge is 0.336 e. The third kappa shape index (κ3) is 6.83. The van der Waals surface area contributed by atoms with Crippen LogP contribution in [0.4, 0.5) is 4.79 Å². The van der Waals surface area contributed by atoms with Crippen molar-refractivity contribution in [2.45, 2.75) is 131 Å². The third-order valence-corrected chi connectivity index (χ3v) is 9.68. The number of rotatable bonds is 16. The highest BCUT2D eigenvalue weighted by molar-refractivity contribution is 6.19. The molecule has 1 aliphatic rings. The molecule has 13 nitrogen and oxygen atoms in total. The SMILES string of the molecule is C=CCn1c(=O)n(CC(O)CN2C(=O)N(C(C)(C)CC)C(=O)C(CC)(CC)C2=O)c(=O)n(CC(O)CC(C)(CC)CC)c1=O. The van der Waals surface area contributed by atoms with Crippen molar-refractivity contribution in [3.8, 4) is 0 Å². The zero-order chi connectivity index (χ0) is 33.8. The lowest BCUT2D eigenvalue weighted by Gasteiger charge is -2.49. The Hall–Kier alpha value is -3.32. The molecule has 0 spiro atoms. The number of nitrogens with zero attached hydrogens (tertiary/aromatic N) is 5. The van der Waals surface area contributed by atoms with Crippen LogP contribution in [0, 0.1) is 10.8 Å². The molecule has 0 aromatic carbocycles. The van der Waals surface area contributed by atoms with E-state index in [2.05, 4.69) is 6.58 Å². The van der Waals surface area contributed by atoms with Crippen molar-refractivity contribution in [2.24, 2.45) is 10.8 Å². The van der Waals surface area contributed by atoms with E-state index in [1.54, 1.807) is 27.7 Å². The molecule has 1 aromatic rings. The van der Waals surface area contributed by atoms with E-state index in [9.17, 15) is 39.0 Å². The van der Waals surface area contributed by atoms with Crippen molar-refractivity contribution in [1.82, 2.24) is 23.5 Å². The number of β-amino-alcohol motifs (C(OH)–C–C–N with tert-alkyl or cyclic N) is 1. The third-order valence-electron chi connectivity index (χ3n) is 9.68. The standard InChI is InChI=1S/C31H51N5O8/c1-10-16-32-25(41)34(18-21(37)17-30(9,12-3)13-4)27(43)35(26(32)42)20-22(38)19-33-23(39)31(14-5,15-6)24(40)36(28(33)44)29(7,8)11-2/h10,21-22,37-38H,1,11-20H2,2-9H3. The number of urea groups is 1. The van der Waals surface area contributed by atoms with Gasteiger partial charge >= 0.3 is 23.1 Å². The summed E-state index contributed by atoms with van der Waals surface area (Å²) in [6, 6.07) is -0.886. The van der Waals surface area contributed by atoms with Crippen molar-refractivity contribution in [1.29, 1.82) is 0 Å². The first kappa shape index (κ1) is 36.9. The minimum Gasteiger partial charge on any atom is -0.391 e. The van der Waals surface area contributed by atoms with Gasteiger partial charge in [0.15, 0.2) is 0 Å². The van der Waals surface area contributed by atoms with Gasteiger partial charge in [0, 0.05) is 5.54 Å². The molecule has 248 valence electrons. The van der Waals surface area contributed by atoms with E-state index in [0.29, 0.717) is 17.4 Å². The minimum atomic E-state index is -1.60. The van der Waals surface area contributed by atoms with Gasteiger partial charge in [0.25, 0.3) is 0 Å². The number of hydrogen-bond acceptors (Lipinski definition) is 8. The van der Waals surface area contributed by atoms with E-state index in [1.807, 2.05) is 27.7 Å². The first-order chi connectivity index (χ1) is 20.4. The summed E-state index contributed by atoms with van der Waals surface area (Å²) in [6.07, 6.45) is 1.17. The molecule has 13 heteroatoms. The van der Waals surface area contributed by atoms with Crippen LogP contribution >= 0.6 is 0 Å². The predicted octanol–water partition coefficient (Wildman–Crippen LogP) is 2.08. The molecule has 0 bridgehead atoms. The lowest BCUT2D eigenvalue weighted by Crippen LogP contribution is -2.70. The van der Waals surface area contributed by atoms with Crippen molar-refractivity contribution in [3.63, 3.8) is 0 Å². The lowest BCUT2D eigenvalue weighted by atomic mass is 9.76. The Bertz CT molecular complexity index is 1410. The summed E-state index contributed by atoms with van der Waals surface area (Å²) in [5, 5.41) is 22.0. The van der Waals surface area contributed by atoms with E-state index in [4.69, 9.17) is 0 Å². The number of barbiturate groups is 1. The minimum absolute atomic E-state index is 0.130. The Balaban J connectivity index is 2.55. The van der Waals surface area contributed by atoms with Gasteiger partial charge in [-0.15, -0.1) is 6.58 Å². The molecule has 1 aromatic heterocycles. The highest BCUT2D eigenvalue weighted by Gasteiger charge is 2.58. The number of aliphatic hydroxyl groups is 2. The molecule has 0 aliphatic carbocycles. The Labute approximate surface area is 258 Å². The maximum Gasteiger partial charge on any atom is 0.336 e. The van der Waals surface area contributed by atoms with Gasteiger partial charge in [-0.25, -0.2) is 32.9 Å². The summed E-state index contributed by atoms with van der Waals surface area (Å²) in [5.41, 5.74) is -5.63. The molecule has 2 heterocycles. The highest BCUT2D eigenvalue weighted by atomic mass is 16.3. The number of imide groups is 2. The molecule has 0 radical (unpaired) electrons. The summed E-state index contributed by atoms with van der Waals surface area (Å²) >= 11 is 0. The van der Waals surface area contributed by atoms with Crippen LogP contribution in [-0.4, -0.2) is 75.9 Å². The van der Waals surface area contributed by atoms with Gasteiger partial charge in [0.1, 0.15) is 5.41 Å². The number of aliphatic hydroxyl groups excluding tert-OH is 2. The van der Waals surface area contributed by atoms with Gasteiger partial charge in [0.05, 0.1) is 38.4 Å². The van der Waals surface area contributed by atoms with E-state index < -0.39 is 71.2 Å². The zero-order valence-corrected chi connectivity index (χ0v) is 27.6. The van der Waals surface area contributed by atoms with Crippen LogP contribution in [0.25, 0.3) is 0 Å². The Morgan fingerprint density at radius 2 is 1.20 bits per heavy atom. The van der Waals surface area contributed by atoms with Gasteiger partial charge in [-0.1, -0.05) is 60.5 Å². The molecule has 1 aliphatic heterocycles. The fourth-order valence-corrected chi connectivity index (χ4v) is 5.71. The summed E-state index contributed by atoms with van der Waals surface area (Å²) in [4.78, 5) is 82.6. The summed E-state index contributed by atoms with van der Waals surface area (Å²) < 4.78 is 2.19. The molecule has 2 atom stereocenters. The van der Waals surface area contributed by atoms with Crippen LogP contribution in [0.15, 0.2) is 27.0 Å². The zero-order valence-electron chi connectivity index (χ0n) is 27.6. The van der Waals surface area contributed by atoms with Gasteiger partial charge < -0.3 is 10.2 Å². The van der Waals surface area contributed by atoms with Gasteiger partial charge in [-0.3, -0.25) is 19.4 Å². The first-order valence-electron chi connectivity index (χ1n) is 15.6. The Morgan fingerprint density at radius 3 is 1.64 bits per heavy atom. The second-order valence-corrected chi connectivity index (χ2v) is 12.8. The number of carbonyl (C=O) groups excluding carboxylic acids is 3. The van der Waals surface area contributed by atoms with Crippen molar-refractivity contribution >= 4 is 17.8 Å². The molecule has 1 fully saturated rings. The van der Waals surface area contributed by atoms with E-state index in [-0.39, 0.29) is 31.3 Å². The number of allylic oxidation sites excluding steroid dienone is 1. The van der Waals surface area contributed by atoms with E-state index in [1.165, 1.54) is 6.08 Å².